The van der Waals surface area contributed by atoms with Gasteiger partial charge in [0.2, 0.25) is 0 Å². The molecule has 7 heteroatoms. The zero-order valence-electron chi connectivity index (χ0n) is 40.3. The van der Waals surface area contributed by atoms with Gasteiger partial charge in [0.1, 0.15) is 6.10 Å². The van der Waals surface area contributed by atoms with Crippen molar-refractivity contribution < 1.29 is 19.0 Å². The second-order valence-corrected chi connectivity index (χ2v) is 21.3. The van der Waals surface area contributed by atoms with Crippen LogP contribution in [-0.4, -0.2) is 54.2 Å². The summed E-state index contributed by atoms with van der Waals surface area (Å²) in [4.78, 5) is 17.2. The number of carbonyl (C=O) groups is 1. The highest BCUT2D eigenvalue weighted by atomic mass is 16.6. The maximum Gasteiger partial charge on any atom is 0.407 e. The Hall–Kier alpha value is -2.12. The van der Waals surface area contributed by atoms with E-state index >= 15 is 0 Å². The highest BCUT2D eigenvalue weighted by molar-refractivity contribution is 5.67. The molecule has 1 aromatic heterocycles. The number of allylic oxidation sites excluding steroid dienone is 3. The van der Waals surface area contributed by atoms with E-state index < -0.39 is 0 Å². The van der Waals surface area contributed by atoms with Crippen molar-refractivity contribution in [3.8, 4) is 0 Å². The van der Waals surface area contributed by atoms with Crippen LogP contribution in [0.15, 0.2) is 42.5 Å². The fourth-order valence-corrected chi connectivity index (χ4v) is 12.8. The van der Waals surface area contributed by atoms with E-state index in [0.717, 1.165) is 67.8 Å². The lowest BCUT2D eigenvalue weighted by molar-refractivity contribution is -0.0582. The highest BCUT2D eigenvalue weighted by Gasteiger charge is 2.59. The fraction of sp³-hybridized carbons (Fsp3) is 0.852. The lowest BCUT2D eigenvalue weighted by atomic mass is 9.47. The minimum Gasteiger partial charge on any atom is -0.446 e. The molecule has 1 aromatic rings. The molecule has 0 aromatic carbocycles. The predicted molar refractivity (Wildman–Crippen MR) is 254 cm³/mol. The van der Waals surface area contributed by atoms with Crippen LogP contribution in [0.2, 0.25) is 0 Å². The Bertz CT molecular complexity index is 1410. The summed E-state index contributed by atoms with van der Waals surface area (Å²) in [7, 11) is 0. The summed E-state index contributed by atoms with van der Waals surface area (Å²) in [5, 5.41) is 2.99. The number of amides is 1. The van der Waals surface area contributed by atoms with Crippen LogP contribution in [0.4, 0.5) is 4.79 Å². The minimum atomic E-state index is -0.318. The molecule has 1 heterocycles. The minimum absolute atomic E-state index is 0.0442. The van der Waals surface area contributed by atoms with Crippen LogP contribution < -0.4 is 5.32 Å². The average Bonchev–Trinajstić information content (AvgIpc) is 3.89. The summed E-state index contributed by atoms with van der Waals surface area (Å²) in [6, 6.07) is 0. The number of carbonyl (C=O) groups excluding carboxylic acids is 1. The number of nitrogens with one attached hydrogen (secondary N) is 1. The molecular weight excluding hydrogens is 755 g/mol. The third-order valence-electron chi connectivity index (χ3n) is 16.3. The van der Waals surface area contributed by atoms with Gasteiger partial charge >= 0.3 is 6.09 Å². The van der Waals surface area contributed by atoms with Crippen molar-refractivity contribution >= 4 is 6.09 Å². The molecule has 4 aliphatic rings. The molecule has 0 bridgehead atoms. The molecular formula is C54H93N3O4. The third-order valence-corrected chi connectivity index (χ3v) is 16.3. The lowest BCUT2D eigenvalue weighted by Crippen LogP contribution is -2.51. The number of aromatic nitrogens is 2. The topological polar surface area (TPSA) is 74.6 Å². The molecule has 1 amide bonds. The van der Waals surface area contributed by atoms with E-state index in [1.807, 2.05) is 17.1 Å². The van der Waals surface area contributed by atoms with Crippen molar-refractivity contribution in [3.63, 3.8) is 0 Å². The Kier molecular flexibility index (Phi) is 21.8. The molecule has 7 nitrogen and oxygen atoms in total. The lowest BCUT2D eigenvalue weighted by Gasteiger charge is -2.58. The van der Waals surface area contributed by atoms with Crippen LogP contribution in [0, 0.1) is 46.3 Å². The van der Waals surface area contributed by atoms with Crippen molar-refractivity contribution in [2.24, 2.45) is 46.3 Å². The number of unbranched alkanes of at least 4 members (excludes halogenated alkanes) is 12. The first-order valence-corrected chi connectivity index (χ1v) is 26.1. The first-order valence-electron chi connectivity index (χ1n) is 26.1. The van der Waals surface area contributed by atoms with Crippen LogP contribution in [0.3, 0.4) is 0 Å². The largest absolute Gasteiger partial charge is 0.446 e. The number of alkyl carbamates (subject to hydrolysis) is 1. The summed E-state index contributed by atoms with van der Waals surface area (Å²) in [5.74, 6) is 5.02. The second kappa shape index (κ2) is 26.6. The average molecular weight is 848 g/mol. The van der Waals surface area contributed by atoms with E-state index in [1.54, 1.807) is 11.8 Å². The number of rotatable bonds is 30. The standard InChI is InChI=1S/C54H93N3O4/c1-7-8-9-10-11-12-13-14-15-16-17-18-19-20-21-22-37-59-41-47(40-57-36-34-55-42-57)60-38-35-56-52(58)61-46-30-32-53(5)45(39-46)26-27-48-50-29-28-49(44(4)25-23-24-43(2)3)54(50,6)33-31-51(48)53/h14-15,26,34,36,42-44,46-51H,7-13,16-25,27-33,35,37-41H2,1-6H3,(H,56,58)/b15-14-/t44?,46-,47?,48?,49?,50?,51?,53-,54+/m0/s1. The summed E-state index contributed by atoms with van der Waals surface area (Å²) >= 11 is 0. The van der Waals surface area contributed by atoms with Crippen LogP contribution in [0.1, 0.15) is 202 Å². The summed E-state index contributed by atoms with van der Waals surface area (Å²) in [5.41, 5.74) is 2.34. The van der Waals surface area contributed by atoms with Gasteiger partial charge in [-0.3, -0.25) is 0 Å². The Morgan fingerprint density at radius 3 is 2.33 bits per heavy atom. The maximum absolute atomic E-state index is 13.0. The molecule has 0 radical (unpaired) electrons. The number of imidazole rings is 1. The molecule has 4 aliphatic carbocycles. The molecule has 1 N–H and O–H groups in total. The Morgan fingerprint density at radius 2 is 1.61 bits per heavy atom. The molecule has 0 saturated heterocycles. The van der Waals surface area contributed by atoms with E-state index in [0.29, 0.717) is 31.7 Å². The SMILES string of the molecule is CCCCCCCC/C=C\CCCCCCCCOCC(Cn1ccnc1)OCCNC(=O)O[C@H]1CC[C@@]2(C)C(=CCC3C4CCC(C(C)CCCC(C)C)[C@@]4(C)CCC32)C1. The highest BCUT2D eigenvalue weighted by Crippen LogP contribution is 2.67. The summed E-state index contributed by atoms with van der Waals surface area (Å²) < 4.78 is 20.4. The Labute approximate surface area is 374 Å². The monoisotopic (exact) mass is 848 g/mol. The van der Waals surface area contributed by atoms with Crippen LogP contribution >= 0.6 is 0 Å². The summed E-state index contributed by atoms with van der Waals surface area (Å²) in [6.45, 7) is 17.7. The molecule has 3 saturated carbocycles. The Morgan fingerprint density at radius 1 is 0.869 bits per heavy atom. The van der Waals surface area contributed by atoms with Gasteiger partial charge < -0.3 is 24.1 Å². The normalized spacial score (nSPS) is 28.3. The predicted octanol–water partition coefficient (Wildman–Crippen LogP) is 14.5. The van der Waals surface area contributed by atoms with Crippen molar-refractivity contribution in [3.05, 3.63) is 42.5 Å². The summed E-state index contributed by atoms with van der Waals surface area (Å²) in [6.07, 6.45) is 44.8. The first kappa shape index (κ1) is 49.9. The van der Waals surface area contributed by atoms with Gasteiger partial charge in [-0.1, -0.05) is 142 Å². The first-order chi connectivity index (χ1) is 29.6. The maximum atomic E-state index is 13.0. The van der Waals surface area contributed by atoms with Crippen molar-refractivity contribution in [2.45, 2.75) is 221 Å². The van der Waals surface area contributed by atoms with Gasteiger partial charge in [0, 0.05) is 32.0 Å². The number of hydrogen-bond acceptors (Lipinski definition) is 5. The van der Waals surface area contributed by atoms with E-state index in [9.17, 15) is 4.79 Å². The molecule has 61 heavy (non-hydrogen) atoms. The zero-order chi connectivity index (χ0) is 43.3. The van der Waals surface area contributed by atoms with Crippen molar-refractivity contribution in [2.75, 3.05) is 26.4 Å². The second-order valence-electron chi connectivity index (χ2n) is 21.3. The molecule has 0 aliphatic heterocycles. The molecule has 5 rings (SSSR count). The molecule has 0 spiro atoms. The molecule has 9 atom stereocenters. The third kappa shape index (κ3) is 15.5. The van der Waals surface area contributed by atoms with Crippen molar-refractivity contribution in [1.29, 1.82) is 0 Å². The van der Waals surface area contributed by atoms with E-state index in [1.165, 1.54) is 135 Å². The molecule has 3 fully saturated rings. The number of hydrogen-bond donors (Lipinski definition) is 1. The number of fused-ring (bicyclic) bond motifs is 5. The van der Waals surface area contributed by atoms with Gasteiger partial charge in [0.05, 0.1) is 32.2 Å². The quantitative estimate of drug-likeness (QED) is 0.0617. The van der Waals surface area contributed by atoms with E-state index in [2.05, 4.69) is 70.1 Å². The molecule has 6 unspecified atom stereocenters. The van der Waals surface area contributed by atoms with Gasteiger partial charge in [-0.15, -0.1) is 0 Å². The fourth-order valence-electron chi connectivity index (χ4n) is 12.8. The van der Waals surface area contributed by atoms with Gasteiger partial charge in [0.15, 0.2) is 0 Å². The smallest absolute Gasteiger partial charge is 0.407 e. The number of ether oxygens (including phenoxy) is 3. The van der Waals surface area contributed by atoms with Crippen LogP contribution in [0.25, 0.3) is 0 Å². The van der Waals surface area contributed by atoms with Crippen LogP contribution in [-0.2, 0) is 20.8 Å². The van der Waals surface area contributed by atoms with Crippen LogP contribution in [0.5, 0.6) is 0 Å². The zero-order valence-corrected chi connectivity index (χ0v) is 40.3. The van der Waals surface area contributed by atoms with Gasteiger partial charge in [-0.25, -0.2) is 9.78 Å². The van der Waals surface area contributed by atoms with Gasteiger partial charge in [0.25, 0.3) is 0 Å². The van der Waals surface area contributed by atoms with Crippen molar-refractivity contribution in [1.82, 2.24) is 14.9 Å². The Balaban J connectivity index is 0.938. The van der Waals surface area contributed by atoms with Gasteiger partial charge in [-0.2, -0.15) is 0 Å². The number of nitrogens with zero attached hydrogens (tertiary/aromatic N) is 2. The molecule has 348 valence electrons. The van der Waals surface area contributed by atoms with E-state index in [4.69, 9.17) is 14.2 Å². The van der Waals surface area contributed by atoms with E-state index in [-0.39, 0.29) is 23.7 Å². The van der Waals surface area contributed by atoms with Gasteiger partial charge in [-0.05, 0) is 123 Å².